The number of pyridine rings is 2. The predicted octanol–water partition coefficient (Wildman–Crippen LogP) is 10.9. The number of hydrogen-bond acceptors (Lipinski definition) is 3. The normalized spacial score (nSPS) is 11.6. The maximum atomic E-state index is 5.31. The van der Waals surface area contributed by atoms with Crippen LogP contribution in [-0.2, 0) is 0 Å². The van der Waals surface area contributed by atoms with Gasteiger partial charge in [0.05, 0.1) is 27.9 Å². The zero-order valence-electron chi connectivity index (χ0n) is 23.7. The van der Waals surface area contributed by atoms with Crippen LogP contribution in [0.5, 0.6) is 0 Å². The first-order chi connectivity index (χ1) is 21.8. The number of aromatic nitrogens is 3. The Morgan fingerprint density at radius 1 is 0.409 bits per heavy atom. The standard InChI is InChI=1S/C40H25N3S/c1-4-12-26(13-5-1)29-22-34(28-16-8-3-9-17-28)41-39(23-29)43-35-21-20-33(27-14-6-2-7-15-27)42-40(35)32-24-31-30-18-10-11-19-37(30)44-38(31)25-36(32)43/h1-25H. The van der Waals surface area contributed by atoms with Gasteiger partial charge >= 0.3 is 0 Å². The van der Waals surface area contributed by atoms with Crippen LogP contribution in [0.3, 0.4) is 0 Å². The second-order valence-corrected chi connectivity index (χ2v) is 12.1. The molecule has 4 aromatic heterocycles. The van der Waals surface area contributed by atoms with E-state index in [-0.39, 0.29) is 0 Å². The number of thiophene rings is 1. The predicted molar refractivity (Wildman–Crippen MR) is 186 cm³/mol. The summed E-state index contributed by atoms with van der Waals surface area (Å²) in [5.74, 6) is 0.875. The second kappa shape index (κ2) is 10.0. The summed E-state index contributed by atoms with van der Waals surface area (Å²) in [6.45, 7) is 0. The van der Waals surface area contributed by atoms with E-state index in [4.69, 9.17) is 9.97 Å². The Hall–Kier alpha value is -5.58. The highest BCUT2D eigenvalue weighted by Crippen LogP contribution is 2.41. The summed E-state index contributed by atoms with van der Waals surface area (Å²) < 4.78 is 4.85. The zero-order valence-corrected chi connectivity index (χ0v) is 24.5. The van der Waals surface area contributed by atoms with Crippen LogP contribution in [0.2, 0.25) is 0 Å². The molecule has 0 fully saturated rings. The first kappa shape index (κ1) is 25.0. The molecule has 0 bridgehead atoms. The van der Waals surface area contributed by atoms with Gasteiger partial charge in [-0.15, -0.1) is 11.3 Å². The molecule has 44 heavy (non-hydrogen) atoms. The van der Waals surface area contributed by atoms with Crippen LogP contribution >= 0.6 is 11.3 Å². The van der Waals surface area contributed by atoms with Gasteiger partial charge in [0.15, 0.2) is 0 Å². The minimum absolute atomic E-state index is 0.875. The van der Waals surface area contributed by atoms with Crippen molar-refractivity contribution in [3.63, 3.8) is 0 Å². The van der Waals surface area contributed by atoms with E-state index in [0.717, 1.165) is 61.4 Å². The second-order valence-electron chi connectivity index (χ2n) is 11.1. The summed E-state index contributed by atoms with van der Waals surface area (Å²) >= 11 is 1.84. The SMILES string of the molecule is c1ccc(-c2cc(-c3ccccc3)nc(-n3c4cc5sc6ccccc6c5cc4c4nc(-c5ccccc5)ccc43)c2)cc1. The van der Waals surface area contributed by atoms with Gasteiger partial charge in [-0.2, -0.15) is 0 Å². The Kier molecular flexibility index (Phi) is 5.68. The lowest BCUT2D eigenvalue weighted by atomic mass is 10.0. The van der Waals surface area contributed by atoms with Gasteiger partial charge in [0, 0.05) is 36.7 Å². The third-order valence-electron chi connectivity index (χ3n) is 8.39. The Balaban J connectivity index is 1.39. The average molecular weight is 580 g/mol. The molecule has 0 saturated heterocycles. The van der Waals surface area contributed by atoms with Crippen molar-refractivity contribution in [3.05, 3.63) is 152 Å². The number of hydrogen-bond donors (Lipinski definition) is 0. The highest BCUT2D eigenvalue weighted by Gasteiger charge is 2.19. The smallest absolute Gasteiger partial charge is 0.138 e. The third kappa shape index (κ3) is 4.03. The highest BCUT2D eigenvalue weighted by atomic mass is 32.1. The van der Waals surface area contributed by atoms with E-state index in [9.17, 15) is 0 Å². The minimum Gasteiger partial charge on any atom is -0.292 e. The molecule has 0 atom stereocenters. The average Bonchev–Trinajstić information content (AvgIpc) is 3.62. The van der Waals surface area contributed by atoms with Crippen LogP contribution in [-0.4, -0.2) is 14.5 Å². The van der Waals surface area contributed by atoms with E-state index in [2.05, 4.69) is 144 Å². The monoisotopic (exact) mass is 579 g/mol. The molecule has 0 radical (unpaired) electrons. The molecule has 3 nitrogen and oxygen atoms in total. The fourth-order valence-corrected chi connectivity index (χ4v) is 7.42. The lowest BCUT2D eigenvalue weighted by Crippen LogP contribution is -2.00. The van der Waals surface area contributed by atoms with Crippen molar-refractivity contribution >= 4 is 53.4 Å². The van der Waals surface area contributed by atoms with E-state index in [0.29, 0.717) is 0 Å². The molecular formula is C40H25N3S. The first-order valence-electron chi connectivity index (χ1n) is 14.8. The van der Waals surface area contributed by atoms with Crippen LogP contribution in [0.1, 0.15) is 0 Å². The number of nitrogens with zero attached hydrogens (tertiary/aromatic N) is 3. The van der Waals surface area contributed by atoms with Gasteiger partial charge in [-0.3, -0.25) is 4.57 Å². The molecule has 4 heteroatoms. The van der Waals surface area contributed by atoms with E-state index in [1.54, 1.807) is 0 Å². The molecule has 9 aromatic rings. The fourth-order valence-electron chi connectivity index (χ4n) is 6.30. The molecule has 5 aromatic carbocycles. The van der Waals surface area contributed by atoms with Crippen molar-refractivity contribution < 1.29 is 0 Å². The van der Waals surface area contributed by atoms with E-state index >= 15 is 0 Å². The topological polar surface area (TPSA) is 30.7 Å². The van der Waals surface area contributed by atoms with Crippen LogP contribution in [0.25, 0.3) is 81.6 Å². The largest absolute Gasteiger partial charge is 0.292 e. The van der Waals surface area contributed by atoms with Gasteiger partial charge in [-0.25, -0.2) is 9.97 Å². The molecule has 0 N–H and O–H groups in total. The molecule has 0 amide bonds. The van der Waals surface area contributed by atoms with E-state index in [1.807, 2.05) is 23.5 Å². The fraction of sp³-hybridized carbons (Fsp3) is 0. The molecule has 0 aliphatic carbocycles. The maximum absolute atomic E-state index is 5.31. The van der Waals surface area contributed by atoms with Crippen molar-refractivity contribution in [2.45, 2.75) is 0 Å². The van der Waals surface area contributed by atoms with Crippen molar-refractivity contribution in [1.29, 1.82) is 0 Å². The minimum atomic E-state index is 0.875. The molecule has 0 spiro atoms. The summed E-state index contributed by atoms with van der Waals surface area (Å²) in [4.78, 5) is 10.6. The van der Waals surface area contributed by atoms with Gasteiger partial charge in [0.1, 0.15) is 5.82 Å². The van der Waals surface area contributed by atoms with Crippen molar-refractivity contribution in [2.75, 3.05) is 0 Å². The van der Waals surface area contributed by atoms with Gasteiger partial charge in [-0.05, 0) is 53.6 Å². The van der Waals surface area contributed by atoms with Gasteiger partial charge in [0.25, 0.3) is 0 Å². The van der Waals surface area contributed by atoms with Crippen LogP contribution in [0.4, 0.5) is 0 Å². The van der Waals surface area contributed by atoms with Crippen LogP contribution in [0.15, 0.2) is 152 Å². The van der Waals surface area contributed by atoms with Gasteiger partial charge in [-0.1, -0.05) is 109 Å². The summed E-state index contributed by atoms with van der Waals surface area (Å²) in [5, 5.41) is 3.67. The van der Waals surface area contributed by atoms with E-state index < -0.39 is 0 Å². The molecule has 0 unspecified atom stereocenters. The number of benzene rings is 5. The Labute approximate surface area is 258 Å². The molecular weight excluding hydrogens is 555 g/mol. The van der Waals surface area contributed by atoms with Crippen LogP contribution in [0, 0.1) is 0 Å². The van der Waals surface area contributed by atoms with Crippen LogP contribution < -0.4 is 0 Å². The Morgan fingerprint density at radius 2 is 1.07 bits per heavy atom. The Bertz CT molecular complexity index is 2420. The van der Waals surface area contributed by atoms with Crippen molar-refractivity contribution in [2.24, 2.45) is 0 Å². The summed E-state index contributed by atoms with van der Waals surface area (Å²) in [7, 11) is 0. The third-order valence-corrected chi connectivity index (χ3v) is 9.53. The summed E-state index contributed by atoms with van der Waals surface area (Å²) in [6.07, 6.45) is 0. The highest BCUT2D eigenvalue weighted by molar-refractivity contribution is 7.25. The first-order valence-corrected chi connectivity index (χ1v) is 15.6. The lowest BCUT2D eigenvalue weighted by Gasteiger charge is -2.13. The molecule has 9 rings (SSSR count). The van der Waals surface area contributed by atoms with Gasteiger partial charge < -0.3 is 0 Å². The number of fused-ring (bicyclic) bond motifs is 6. The van der Waals surface area contributed by atoms with Crippen molar-refractivity contribution in [3.8, 4) is 39.5 Å². The quantitative estimate of drug-likeness (QED) is 0.208. The van der Waals surface area contributed by atoms with Gasteiger partial charge in [0.2, 0.25) is 0 Å². The summed E-state index contributed by atoms with van der Waals surface area (Å²) in [6, 6.07) is 53.5. The molecule has 206 valence electrons. The number of rotatable bonds is 4. The lowest BCUT2D eigenvalue weighted by molar-refractivity contribution is 1.08. The summed E-state index contributed by atoms with van der Waals surface area (Å²) in [5.41, 5.74) is 9.50. The maximum Gasteiger partial charge on any atom is 0.138 e. The zero-order chi connectivity index (χ0) is 29.0. The van der Waals surface area contributed by atoms with Crippen molar-refractivity contribution in [1.82, 2.24) is 14.5 Å². The molecule has 4 heterocycles. The molecule has 0 aliphatic heterocycles. The van der Waals surface area contributed by atoms with E-state index in [1.165, 1.54) is 20.2 Å². The Morgan fingerprint density at radius 3 is 1.82 bits per heavy atom. The molecule has 0 saturated carbocycles. The molecule has 0 aliphatic rings.